The van der Waals surface area contributed by atoms with Crippen LogP contribution in [0.3, 0.4) is 0 Å². The molecule has 0 unspecified atom stereocenters. The number of benzene rings is 11. The molecule has 0 saturated heterocycles. The van der Waals surface area contributed by atoms with E-state index in [1.54, 1.807) is 0 Å². The maximum absolute atomic E-state index is 6.48. The lowest BCUT2D eigenvalue weighted by Gasteiger charge is -2.28. The maximum atomic E-state index is 6.48. The van der Waals surface area contributed by atoms with E-state index in [1.165, 1.54) is 44.1 Å². The molecule has 0 aliphatic heterocycles. The minimum atomic E-state index is 0.898. The van der Waals surface area contributed by atoms with Gasteiger partial charge >= 0.3 is 0 Å². The van der Waals surface area contributed by atoms with Crippen molar-refractivity contribution >= 4 is 60.8 Å². The van der Waals surface area contributed by atoms with Gasteiger partial charge in [-0.05, 0) is 93.5 Å². The highest BCUT2D eigenvalue weighted by Crippen LogP contribution is 2.44. The minimum absolute atomic E-state index is 0.898. The molecule has 0 atom stereocenters. The first-order valence-corrected chi connectivity index (χ1v) is 23.6. The van der Waals surface area contributed by atoms with Crippen molar-refractivity contribution in [1.29, 1.82) is 0 Å². The van der Waals surface area contributed by atoms with Crippen LogP contribution in [0.5, 0.6) is 0 Å². The summed E-state index contributed by atoms with van der Waals surface area (Å²) in [6, 6.07) is 96.0. The van der Waals surface area contributed by atoms with Crippen LogP contribution < -0.4 is 4.90 Å². The Morgan fingerprint density at radius 3 is 1.35 bits per heavy atom. The summed E-state index contributed by atoms with van der Waals surface area (Å²) in [5.41, 5.74) is 20.1. The van der Waals surface area contributed by atoms with Gasteiger partial charge in [0.25, 0.3) is 0 Å². The van der Waals surface area contributed by atoms with Crippen LogP contribution in [0.2, 0.25) is 0 Å². The zero-order chi connectivity index (χ0) is 45.7. The Labute approximate surface area is 401 Å². The molecule has 0 aliphatic rings. The number of rotatable bonds is 9. The van der Waals surface area contributed by atoms with Crippen LogP contribution in [0.25, 0.3) is 105 Å². The Hall–Kier alpha value is -9.18. The van der Waals surface area contributed by atoms with E-state index < -0.39 is 0 Å². The average molecular weight is 881 g/mol. The predicted octanol–water partition coefficient (Wildman–Crippen LogP) is 18.5. The topological polar surface area (TPSA) is 21.3 Å². The minimum Gasteiger partial charge on any atom is -0.455 e. The second-order valence-corrected chi connectivity index (χ2v) is 17.6. The van der Waals surface area contributed by atoms with Gasteiger partial charge in [-0.15, -0.1) is 0 Å². The monoisotopic (exact) mass is 880 g/mol. The number of furan rings is 1. The molecule has 2 aromatic heterocycles. The second-order valence-electron chi connectivity index (χ2n) is 17.6. The lowest BCUT2D eigenvalue weighted by molar-refractivity contribution is 0.670. The molecular formula is C66H44N2O. The normalized spacial score (nSPS) is 11.5. The summed E-state index contributed by atoms with van der Waals surface area (Å²) in [6.45, 7) is 0. The molecule has 0 amide bonds. The van der Waals surface area contributed by atoms with Crippen LogP contribution in [-0.2, 0) is 0 Å². The molecule has 3 nitrogen and oxygen atoms in total. The molecule has 2 heterocycles. The van der Waals surface area contributed by atoms with Gasteiger partial charge in [-0.2, -0.15) is 0 Å². The van der Waals surface area contributed by atoms with Crippen molar-refractivity contribution in [3.8, 4) is 61.3 Å². The quantitative estimate of drug-likeness (QED) is 0.144. The van der Waals surface area contributed by atoms with Crippen molar-refractivity contribution in [3.05, 3.63) is 267 Å². The van der Waals surface area contributed by atoms with Gasteiger partial charge in [-0.25, -0.2) is 0 Å². The van der Waals surface area contributed by atoms with E-state index in [0.717, 1.165) is 78.1 Å². The third-order valence-electron chi connectivity index (χ3n) is 13.7. The fraction of sp³-hybridized carbons (Fsp3) is 0. The molecule has 11 aromatic carbocycles. The zero-order valence-corrected chi connectivity index (χ0v) is 37.7. The molecule has 0 N–H and O–H groups in total. The van der Waals surface area contributed by atoms with Crippen LogP contribution in [0, 0.1) is 0 Å². The summed E-state index contributed by atoms with van der Waals surface area (Å²) in [4.78, 5) is 2.38. The first kappa shape index (κ1) is 40.1. The predicted molar refractivity (Wildman–Crippen MR) is 290 cm³/mol. The molecule has 0 saturated carbocycles. The first-order valence-electron chi connectivity index (χ1n) is 23.6. The molecule has 0 fully saturated rings. The standard InChI is InChI=1S/C66H44N2O/c1-2-15-45(16-3-1)46-29-31-47(32-30-46)48-37-41-52(42-38-48)67(53-43-39-51(40-44-53)56-22-14-23-60-59-21-8-13-28-65(59)69-66(56)60)61-24-9-4-17-54(61)49-33-35-50(36-34-49)55-18-5-10-25-62(55)68-63-26-11-6-19-57(63)58-20-7-12-27-64(58)68/h1-44H. The molecule has 0 spiro atoms. The van der Waals surface area contributed by atoms with E-state index >= 15 is 0 Å². The lowest BCUT2D eigenvalue weighted by atomic mass is 9.97. The summed E-state index contributed by atoms with van der Waals surface area (Å²) in [5, 5.41) is 4.76. The van der Waals surface area contributed by atoms with Crippen molar-refractivity contribution in [2.45, 2.75) is 0 Å². The Balaban J connectivity index is 0.893. The molecule has 69 heavy (non-hydrogen) atoms. The number of para-hydroxylation sites is 6. The third-order valence-corrected chi connectivity index (χ3v) is 13.7. The molecule has 0 radical (unpaired) electrons. The van der Waals surface area contributed by atoms with Gasteiger partial charge in [0.1, 0.15) is 11.2 Å². The smallest absolute Gasteiger partial charge is 0.143 e. The van der Waals surface area contributed by atoms with Crippen molar-refractivity contribution in [1.82, 2.24) is 4.57 Å². The number of fused-ring (bicyclic) bond motifs is 6. The number of hydrogen-bond acceptors (Lipinski definition) is 2. The molecule has 0 aliphatic carbocycles. The third kappa shape index (κ3) is 7.08. The highest BCUT2D eigenvalue weighted by Gasteiger charge is 2.20. The SMILES string of the molecule is c1ccc(-c2ccc(-c3ccc(N(c4ccc(-c5cccc6c5oc5ccccc56)cc4)c4ccccc4-c4ccc(-c5ccccc5-n5c6ccccc6c6ccccc65)cc4)cc3)cc2)cc1. The van der Waals surface area contributed by atoms with Gasteiger partial charge in [0.05, 0.1) is 22.4 Å². The fourth-order valence-electron chi connectivity index (χ4n) is 10.3. The van der Waals surface area contributed by atoms with Crippen LogP contribution in [-0.4, -0.2) is 4.57 Å². The van der Waals surface area contributed by atoms with Crippen LogP contribution in [0.1, 0.15) is 0 Å². The van der Waals surface area contributed by atoms with Gasteiger partial charge in [-0.3, -0.25) is 0 Å². The van der Waals surface area contributed by atoms with Gasteiger partial charge < -0.3 is 13.9 Å². The van der Waals surface area contributed by atoms with E-state index in [9.17, 15) is 0 Å². The summed E-state index contributed by atoms with van der Waals surface area (Å²) in [5.74, 6) is 0. The Bertz CT molecular complexity index is 3920. The van der Waals surface area contributed by atoms with Gasteiger partial charge in [0, 0.05) is 49.6 Å². The second kappa shape index (κ2) is 16.9. The van der Waals surface area contributed by atoms with Gasteiger partial charge in [0.2, 0.25) is 0 Å². The highest BCUT2D eigenvalue weighted by molar-refractivity contribution is 6.11. The summed E-state index contributed by atoms with van der Waals surface area (Å²) < 4.78 is 8.89. The van der Waals surface area contributed by atoms with Crippen molar-refractivity contribution in [2.24, 2.45) is 0 Å². The maximum Gasteiger partial charge on any atom is 0.143 e. The number of hydrogen-bond donors (Lipinski definition) is 0. The van der Waals surface area contributed by atoms with Crippen molar-refractivity contribution < 1.29 is 4.42 Å². The molecule has 13 rings (SSSR count). The fourth-order valence-corrected chi connectivity index (χ4v) is 10.3. The Morgan fingerprint density at radius 1 is 0.275 bits per heavy atom. The lowest BCUT2D eigenvalue weighted by Crippen LogP contribution is -2.11. The molecular weight excluding hydrogens is 837 g/mol. The highest BCUT2D eigenvalue weighted by atomic mass is 16.3. The van der Waals surface area contributed by atoms with Crippen molar-refractivity contribution in [2.75, 3.05) is 4.90 Å². The number of aromatic nitrogens is 1. The summed E-state index contributed by atoms with van der Waals surface area (Å²) >= 11 is 0. The molecule has 3 heteroatoms. The van der Waals surface area contributed by atoms with E-state index in [2.05, 4.69) is 264 Å². The number of nitrogens with zero attached hydrogens (tertiary/aromatic N) is 2. The van der Waals surface area contributed by atoms with E-state index in [-0.39, 0.29) is 0 Å². The zero-order valence-electron chi connectivity index (χ0n) is 37.7. The van der Waals surface area contributed by atoms with E-state index in [0.29, 0.717) is 0 Å². The van der Waals surface area contributed by atoms with E-state index in [1.807, 2.05) is 12.1 Å². The summed E-state index contributed by atoms with van der Waals surface area (Å²) in [6.07, 6.45) is 0. The number of anilines is 3. The van der Waals surface area contributed by atoms with Crippen LogP contribution in [0.4, 0.5) is 17.1 Å². The van der Waals surface area contributed by atoms with Gasteiger partial charge in [0.15, 0.2) is 0 Å². The summed E-state index contributed by atoms with van der Waals surface area (Å²) in [7, 11) is 0. The molecule has 13 aromatic rings. The molecule has 0 bridgehead atoms. The van der Waals surface area contributed by atoms with Crippen LogP contribution in [0.15, 0.2) is 271 Å². The van der Waals surface area contributed by atoms with Gasteiger partial charge in [-0.1, -0.05) is 212 Å². The van der Waals surface area contributed by atoms with Crippen molar-refractivity contribution in [3.63, 3.8) is 0 Å². The Kier molecular flexibility index (Phi) is 9.84. The van der Waals surface area contributed by atoms with Crippen LogP contribution >= 0.6 is 0 Å². The Morgan fingerprint density at radius 2 is 0.696 bits per heavy atom. The largest absolute Gasteiger partial charge is 0.455 e. The first-order chi connectivity index (χ1) is 34.2. The molecule has 324 valence electrons. The average Bonchev–Trinajstić information content (AvgIpc) is 3.98. The van der Waals surface area contributed by atoms with E-state index in [4.69, 9.17) is 4.42 Å².